The molecule has 0 radical (unpaired) electrons. The van der Waals surface area contributed by atoms with Crippen molar-refractivity contribution in [2.75, 3.05) is 0 Å². The second-order valence-corrected chi connectivity index (χ2v) is 4.97. The van der Waals surface area contributed by atoms with Crippen LogP contribution in [0.4, 0.5) is 0 Å². The van der Waals surface area contributed by atoms with Crippen LogP contribution in [0.3, 0.4) is 0 Å². The number of nitrogens with zero attached hydrogens (tertiary/aromatic N) is 2. The topological polar surface area (TPSA) is 51.8 Å². The van der Waals surface area contributed by atoms with Gasteiger partial charge in [0.1, 0.15) is 10.1 Å². The molecule has 2 aromatic heterocycles. The molecule has 0 atom stereocenters. The number of rotatable bonds is 3. The van der Waals surface area contributed by atoms with Gasteiger partial charge in [0.05, 0.1) is 0 Å². The van der Waals surface area contributed by atoms with E-state index in [2.05, 4.69) is 29.0 Å². The molecule has 0 aliphatic rings. The molecule has 0 fully saturated rings. The SMILES string of the molecule is Cc1cc(C)nc(Sc2cc(CN)ccn2)c1. The Labute approximate surface area is 105 Å². The lowest BCUT2D eigenvalue weighted by Crippen LogP contribution is -1.96. The average molecular weight is 245 g/mol. The third kappa shape index (κ3) is 3.28. The van der Waals surface area contributed by atoms with Crippen LogP contribution in [0.15, 0.2) is 40.5 Å². The Morgan fingerprint density at radius 3 is 2.71 bits per heavy atom. The van der Waals surface area contributed by atoms with E-state index in [9.17, 15) is 0 Å². The van der Waals surface area contributed by atoms with E-state index in [-0.39, 0.29) is 0 Å². The second-order valence-electron chi connectivity index (χ2n) is 3.93. The van der Waals surface area contributed by atoms with Gasteiger partial charge in [0, 0.05) is 18.4 Å². The predicted octanol–water partition coefficient (Wildman–Crippen LogP) is 2.70. The summed E-state index contributed by atoms with van der Waals surface area (Å²) in [6.45, 7) is 4.61. The van der Waals surface area contributed by atoms with Crippen molar-refractivity contribution in [3.8, 4) is 0 Å². The number of hydrogen-bond donors (Lipinski definition) is 1. The fourth-order valence-corrected chi connectivity index (χ4v) is 2.57. The maximum atomic E-state index is 5.61. The summed E-state index contributed by atoms with van der Waals surface area (Å²) in [7, 11) is 0. The van der Waals surface area contributed by atoms with Crippen molar-refractivity contribution in [2.24, 2.45) is 5.73 Å². The van der Waals surface area contributed by atoms with Crippen LogP contribution in [0, 0.1) is 13.8 Å². The predicted molar refractivity (Wildman–Crippen MR) is 70.0 cm³/mol. The molecule has 0 aromatic carbocycles. The number of pyridine rings is 2. The number of aromatic nitrogens is 2. The van der Waals surface area contributed by atoms with Crippen molar-refractivity contribution in [2.45, 2.75) is 30.4 Å². The highest BCUT2D eigenvalue weighted by Crippen LogP contribution is 2.25. The Morgan fingerprint density at radius 1 is 1.18 bits per heavy atom. The van der Waals surface area contributed by atoms with Crippen molar-refractivity contribution < 1.29 is 0 Å². The fourth-order valence-electron chi connectivity index (χ4n) is 1.60. The van der Waals surface area contributed by atoms with E-state index in [0.717, 1.165) is 21.3 Å². The van der Waals surface area contributed by atoms with Crippen molar-refractivity contribution in [1.29, 1.82) is 0 Å². The van der Waals surface area contributed by atoms with Crippen molar-refractivity contribution >= 4 is 11.8 Å². The van der Waals surface area contributed by atoms with Crippen LogP contribution in [0.5, 0.6) is 0 Å². The highest BCUT2D eigenvalue weighted by molar-refractivity contribution is 7.99. The molecule has 0 bridgehead atoms. The van der Waals surface area contributed by atoms with Gasteiger partial charge in [0.2, 0.25) is 0 Å². The van der Waals surface area contributed by atoms with Gasteiger partial charge in [-0.3, -0.25) is 0 Å². The summed E-state index contributed by atoms with van der Waals surface area (Å²) in [5, 5.41) is 1.91. The molecule has 2 N–H and O–H groups in total. The molecule has 4 heteroatoms. The first kappa shape index (κ1) is 12.1. The first-order chi connectivity index (χ1) is 8.17. The largest absolute Gasteiger partial charge is 0.326 e. The van der Waals surface area contributed by atoms with E-state index in [1.54, 1.807) is 18.0 Å². The smallest absolute Gasteiger partial charge is 0.103 e. The zero-order valence-corrected chi connectivity index (χ0v) is 10.8. The Kier molecular flexibility index (Phi) is 3.76. The standard InChI is InChI=1S/C13H15N3S/c1-9-5-10(2)16-13(6-9)17-12-7-11(8-14)3-4-15-12/h3-7H,8,14H2,1-2H3. The zero-order valence-electron chi connectivity index (χ0n) is 9.97. The molecular formula is C13H15N3S. The van der Waals surface area contributed by atoms with E-state index in [1.165, 1.54) is 5.56 Å². The summed E-state index contributed by atoms with van der Waals surface area (Å²) in [5.74, 6) is 0. The van der Waals surface area contributed by atoms with E-state index in [1.807, 2.05) is 19.1 Å². The summed E-state index contributed by atoms with van der Waals surface area (Å²) in [5.41, 5.74) is 8.95. The lowest BCUT2D eigenvalue weighted by Gasteiger charge is -2.04. The summed E-state index contributed by atoms with van der Waals surface area (Å²) in [6, 6.07) is 8.06. The van der Waals surface area contributed by atoms with Gasteiger partial charge < -0.3 is 5.73 Å². The minimum Gasteiger partial charge on any atom is -0.326 e. The van der Waals surface area contributed by atoms with E-state index < -0.39 is 0 Å². The Bertz CT molecular complexity index is 506. The van der Waals surface area contributed by atoms with Crippen molar-refractivity contribution in [1.82, 2.24) is 9.97 Å². The number of hydrogen-bond acceptors (Lipinski definition) is 4. The first-order valence-electron chi connectivity index (χ1n) is 5.45. The molecule has 0 amide bonds. The molecule has 0 saturated carbocycles. The third-order valence-electron chi connectivity index (χ3n) is 2.32. The highest BCUT2D eigenvalue weighted by Gasteiger charge is 2.02. The summed E-state index contributed by atoms with van der Waals surface area (Å²) >= 11 is 1.57. The van der Waals surface area contributed by atoms with E-state index in [0.29, 0.717) is 6.54 Å². The van der Waals surface area contributed by atoms with Crippen LogP contribution < -0.4 is 5.73 Å². The molecule has 0 unspecified atom stereocenters. The van der Waals surface area contributed by atoms with Gasteiger partial charge in [0.15, 0.2) is 0 Å². The lowest BCUT2D eigenvalue weighted by atomic mass is 10.3. The molecule has 0 spiro atoms. The summed E-state index contributed by atoms with van der Waals surface area (Å²) in [4.78, 5) is 8.79. The maximum absolute atomic E-state index is 5.61. The van der Waals surface area contributed by atoms with Gasteiger partial charge in [-0.1, -0.05) is 11.8 Å². The number of nitrogens with two attached hydrogens (primary N) is 1. The molecule has 0 aliphatic carbocycles. The van der Waals surface area contributed by atoms with E-state index in [4.69, 9.17) is 5.73 Å². The normalized spacial score (nSPS) is 10.5. The minimum atomic E-state index is 0.538. The second kappa shape index (κ2) is 5.29. The van der Waals surface area contributed by atoms with Gasteiger partial charge in [0.25, 0.3) is 0 Å². The zero-order chi connectivity index (χ0) is 12.3. The van der Waals surface area contributed by atoms with Crippen LogP contribution >= 0.6 is 11.8 Å². The third-order valence-corrected chi connectivity index (χ3v) is 3.17. The minimum absolute atomic E-state index is 0.538. The van der Waals surface area contributed by atoms with Crippen LogP contribution in [-0.2, 0) is 6.54 Å². The highest BCUT2D eigenvalue weighted by atomic mass is 32.2. The monoisotopic (exact) mass is 245 g/mol. The van der Waals surface area contributed by atoms with Gasteiger partial charge in [-0.2, -0.15) is 0 Å². The van der Waals surface area contributed by atoms with Crippen LogP contribution in [0.1, 0.15) is 16.8 Å². The summed E-state index contributed by atoms with van der Waals surface area (Å²) < 4.78 is 0. The Morgan fingerprint density at radius 2 is 2.00 bits per heavy atom. The molecule has 17 heavy (non-hydrogen) atoms. The van der Waals surface area contributed by atoms with Gasteiger partial charge in [-0.25, -0.2) is 9.97 Å². The molecule has 2 aromatic rings. The molecule has 0 aliphatic heterocycles. The van der Waals surface area contributed by atoms with Crippen LogP contribution in [0.25, 0.3) is 0 Å². The van der Waals surface area contributed by atoms with Gasteiger partial charge >= 0.3 is 0 Å². The fraction of sp³-hybridized carbons (Fsp3) is 0.231. The Balaban J connectivity index is 2.24. The first-order valence-corrected chi connectivity index (χ1v) is 6.27. The maximum Gasteiger partial charge on any atom is 0.103 e. The van der Waals surface area contributed by atoms with Gasteiger partial charge in [-0.15, -0.1) is 0 Å². The molecule has 3 nitrogen and oxygen atoms in total. The molecule has 2 rings (SSSR count). The van der Waals surface area contributed by atoms with E-state index >= 15 is 0 Å². The average Bonchev–Trinajstić information content (AvgIpc) is 2.28. The number of aryl methyl sites for hydroxylation is 2. The van der Waals surface area contributed by atoms with Crippen molar-refractivity contribution in [3.63, 3.8) is 0 Å². The molecule has 88 valence electrons. The molecule has 0 saturated heterocycles. The summed E-state index contributed by atoms with van der Waals surface area (Å²) in [6.07, 6.45) is 1.78. The molecule has 2 heterocycles. The Hall–Kier alpha value is -1.39. The van der Waals surface area contributed by atoms with Crippen LogP contribution in [-0.4, -0.2) is 9.97 Å². The quantitative estimate of drug-likeness (QED) is 0.903. The lowest BCUT2D eigenvalue weighted by molar-refractivity contribution is 1.00. The van der Waals surface area contributed by atoms with Crippen LogP contribution in [0.2, 0.25) is 0 Å². The molecular weight excluding hydrogens is 230 g/mol. The van der Waals surface area contributed by atoms with Crippen molar-refractivity contribution in [3.05, 3.63) is 47.3 Å². The van der Waals surface area contributed by atoms with Gasteiger partial charge in [-0.05, 0) is 49.2 Å².